The largest absolute Gasteiger partial charge is 0.378 e. The number of nitrogens with one attached hydrogen (secondary N) is 1. The second-order valence-corrected chi connectivity index (χ2v) is 7.62. The van der Waals surface area contributed by atoms with E-state index < -0.39 is 0 Å². The minimum Gasteiger partial charge on any atom is -0.378 e. The molecule has 1 saturated heterocycles. The first-order valence-electron chi connectivity index (χ1n) is 9.87. The standard InChI is InChI=1S/C23H29N3O2/c1-25(2)21-10-8-18(9-11-21)16-24-22(27)17-26-14-12-20(13-15-26)23(28)19-6-4-3-5-7-19/h3-11,20H,12-17H2,1-2H3,(H,24,27). The van der Waals surface area contributed by atoms with Crippen LogP contribution in [0.3, 0.4) is 0 Å². The number of hydrogen-bond donors (Lipinski definition) is 1. The summed E-state index contributed by atoms with van der Waals surface area (Å²) in [4.78, 5) is 29.0. The minimum absolute atomic E-state index is 0.0320. The fraction of sp³-hybridized carbons (Fsp3) is 0.391. The lowest BCUT2D eigenvalue weighted by atomic mass is 9.89. The van der Waals surface area contributed by atoms with Crippen LogP contribution >= 0.6 is 0 Å². The molecular formula is C23H29N3O2. The lowest BCUT2D eigenvalue weighted by Gasteiger charge is -2.30. The molecule has 1 aliphatic heterocycles. The van der Waals surface area contributed by atoms with E-state index in [0.29, 0.717) is 13.1 Å². The van der Waals surface area contributed by atoms with Crippen LogP contribution in [0.1, 0.15) is 28.8 Å². The summed E-state index contributed by atoms with van der Waals surface area (Å²) in [7, 11) is 4.01. The zero-order chi connectivity index (χ0) is 19.9. The smallest absolute Gasteiger partial charge is 0.234 e. The maximum Gasteiger partial charge on any atom is 0.234 e. The van der Waals surface area contributed by atoms with Gasteiger partial charge in [-0.2, -0.15) is 0 Å². The van der Waals surface area contributed by atoms with Gasteiger partial charge in [-0.3, -0.25) is 14.5 Å². The lowest BCUT2D eigenvalue weighted by Crippen LogP contribution is -2.42. The molecule has 0 radical (unpaired) electrons. The van der Waals surface area contributed by atoms with Crippen molar-refractivity contribution in [2.75, 3.05) is 38.6 Å². The highest BCUT2D eigenvalue weighted by atomic mass is 16.2. The summed E-state index contributed by atoms with van der Waals surface area (Å²) < 4.78 is 0. The molecule has 2 aromatic rings. The number of amides is 1. The molecule has 5 heteroatoms. The monoisotopic (exact) mass is 379 g/mol. The Balaban J connectivity index is 1.40. The molecule has 0 atom stereocenters. The maximum atomic E-state index is 12.6. The first kappa shape index (κ1) is 20.1. The molecule has 1 fully saturated rings. The number of likely N-dealkylation sites (tertiary alicyclic amines) is 1. The van der Waals surface area contributed by atoms with E-state index in [9.17, 15) is 9.59 Å². The van der Waals surface area contributed by atoms with Crippen molar-refractivity contribution in [3.63, 3.8) is 0 Å². The average Bonchev–Trinajstić information content (AvgIpc) is 2.73. The maximum absolute atomic E-state index is 12.6. The third kappa shape index (κ3) is 5.42. The number of carbonyl (C=O) groups excluding carboxylic acids is 2. The molecule has 1 N–H and O–H groups in total. The molecule has 0 aliphatic carbocycles. The van der Waals surface area contributed by atoms with Gasteiger partial charge in [0.1, 0.15) is 0 Å². The number of carbonyl (C=O) groups is 2. The minimum atomic E-state index is 0.0320. The molecule has 3 rings (SSSR count). The summed E-state index contributed by atoms with van der Waals surface area (Å²) in [6, 6.07) is 17.7. The Hall–Kier alpha value is -2.66. The molecule has 1 heterocycles. The number of nitrogens with zero attached hydrogens (tertiary/aromatic N) is 2. The molecule has 1 amide bonds. The van der Waals surface area contributed by atoms with Crippen molar-refractivity contribution in [1.29, 1.82) is 0 Å². The predicted molar refractivity (Wildman–Crippen MR) is 113 cm³/mol. The Labute approximate surface area is 167 Å². The summed E-state index contributed by atoms with van der Waals surface area (Å²) in [5.41, 5.74) is 3.02. The van der Waals surface area contributed by atoms with Gasteiger partial charge in [0, 0.05) is 37.8 Å². The van der Waals surface area contributed by atoms with Gasteiger partial charge in [-0.15, -0.1) is 0 Å². The van der Waals surface area contributed by atoms with E-state index in [1.807, 2.05) is 56.6 Å². The molecule has 148 valence electrons. The topological polar surface area (TPSA) is 52.7 Å². The number of anilines is 1. The van der Waals surface area contributed by atoms with Gasteiger partial charge in [0.2, 0.25) is 5.91 Å². The lowest BCUT2D eigenvalue weighted by molar-refractivity contribution is -0.122. The molecule has 0 bridgehead atoms. The van der Waals surface area contributed by atoms with Crippen molar-refractivity contribution in [2.45, 2.75) is 19.4 Å². The van der Waals surface area contributed by atoms with Crippen molar-refractivity contribution in [2.24, 2.45) is 5.92 Å². The SMILES string of the molecule is CN(C)c1ccc(CNC(=O)CN2CCC(C(=O)c3ccccc3)CC2)cc1. The van der Waals surface area contributed by atoms with Gasteiger partial charge in [-0.25, -0.2) is 0 Å². The number of benzene rings is 2. The van der Waals surface area contributed by atoms with Gasteiger partial charge in [-0.1, -0.05) is 42.5 Å². The van der Waals surface area contributed by atoms with Gasteiger partial charge in [0.15, 0.2) is 5.78 Å². The van der Waals surface area contributed by atoms with Crippen LogP contribution in [0.25, 0.3) is 0 Å². The summed E-state index contributed by atoms with van der Waals surface area (Å²) in [5.74, 6) is 0.326. The normalized spacial score (nSPS) is 15.2. The van der Waals surface area contributed by atoms with Crippen molar-refractivity contribution in [3.8, 4) is 0 Å². The van der Waals surface area contributed by atoms with Crippen LogP contribution < -0.4 is 10.2 Å². The Morgan fingerprint density at radius 2 is 1.64 bits per heavy atom. The Kier molecular flexibility index (Phi) is 6.82. The van der Waals surface area contributed by atoms with Crippen LogP contribution in [-0.2, 0) is 11.3 Å². The molecule has 2 aromatic carbocycles. The van der Waals surface area contributed by atoms with Crippen LogP contribution in [0.15, 0.2) is 54.6 Å². The number of piperidine rings is 1. The first-order valence-corrected chi connectivity index (χ1v) is 9.87. The second-order valence-electron chi connectivity index (χ2n) is 7.62. The summed E-state index contributed by atoms with van der Waals surface area (Å²) in [5, 5.41) is 2.99. The van der Waals surface area contributed by atoms with E-state index in [4.69, 9.17) is 0 Å². The number of ketones is 1. The van der Waals surface area contributed by atoms with Crippen molar-refractivity contribution in [3.05, 3.63) is 65.7 Å². The van der Waals surface area contributed by atoms with Crippen molar-refractivity contribution in [1.82, 2.24) is 10.2 Å². The van der Waals surface area contributed by atoms with Crippen LogP contribution in [-0.4, -0.2) is 50.3 Å². The average molecular weight is 380 g/mol. The van der Waals surface area contributed by atoms with Gasteiger partial charge >= 0.3 is 0 Å². The number of hydrogen-bond acceptors (Lipinski definition) is 4. The highest BCUT2D eigenvalue weighted by Gasteiger charge is 2.26. The Morgan fingerprint density at radius 1 is 1.00 bits per heavy atom. The molecule has 1 aliphatic rings. The van der Waals surface area contributed by atoms with Gasteiger partial charge < -0.3 is 10.2 Å². The number of Topliss-reactive ketones (excluding diaryl/α,β-unsaturated/α-hetero) is 1. The quantitative estimate of drug-likeness (QED) is 0.752. The fourth-order valence-corrected chi connectivity index (χ4v) is 3.56. The molecule has 28 heavy (non-hydrogen) atoms. The van der Waals surface area contributed by atoms with Crippen LogP contribution in [0.4, 0.5) is 5.69 Å². The van der Waals surface area contributed by atoms with E-state index >= 15 is 0 Å². The number of rotatable bonds is 7. The van der Waals surface area contributed by atoms with Crippen molar-refractivity contribution < 1.29 is 9.59 Å². The van der Waals surface area contributed by atoms with E-state index in [2.05, 4.69) is 27.2 Å². The van der Waals surface area contributed by atoms with Gasteiger partial charge in [0.25, 0.3) is 0 Å². The predicted octanol–water partition coefficient (Wildman–Crippen LogP) is 2.96. The summed E-state index contributed by atoms with van der Waals surface area (Å²) >= 11 is 0. The van der Waals surface area contributed by atoms with Gasteiger partial charge in [-0.05, 0) is 43.6 Å². The van der Waals surface area contributed by atoms with E-state index in [-0.39, 0.29) is 17.6 Å². The van der Waals surface area contributed by atoms with E-state index in [1.54, 1.807) is 0 Å². The molecule has 0 saturated carbocycles. The van der Waals surface area contributed by atoms with E-state index in [1.165, 1.54) is 0 Å². The third-order valence-electron chi connectivity index (χ3n) is 5.33. The second kappa shape index (κ2) is 9.51. The molecular weight excluding hydrogens is 350 g/mol. The molecule has 5 nitrogen and oxygen atoms in total. The zero-order valence-corrected chi connectivity index (χ0v) is 16.7. The van der Waals surface area contributed by atoms with Crippen molar-refractivity contribution >= 4 is 17.4 Å². The van der Waals surface area contributed by atoms with Gasteiger partial charge in [0.05, 0.1) is 6.54 Å². The van der Waals surface area contributed by atoms with Crippen LogP contribution in [0.5, 0.6) is 0 Å². The van der Waals surface area contributed by atoms with E-state index in [0.717, 1.165) is 42.7 Å². The zero-order valence-electron chi connectivity index (χ0n) is 16.7. The summed E-state index contributed by atoms with van der Waals surface area (Å²) in [6.45, 7) is 2.50. The van der Waals surface area contributed by atoms with Crippen LogP contribution in [0, 0.1) is 5.92 Å². The molecule has 0 spiro atoms. The molecule has 0 unspecified atom stereocenters. The highest BCUT2D eigenvalue weighted by Crippen LogP contribution is 2.21. The summed E-state index contributed by atoms with van der Waals surface area (Å²) in [6.07, 6.45) is 1.63. The Bertz CT molecular complexity index is 779. The third-order valence-corrected chi connectivity index (χ3v) is 5.33. The fourth-order valence-electron chi connectivity index (χ4n) is 3.56. The molecule has 0 aromatic heterocycles. The Morgan fingerprint density at radius 3 is 2.25 bits per heavy atom. The van der Waals surface area contributed by atoms with Crippen LogP contribution in [0.2, 0.25) is 0 Å². The first-order chi connectivity index (χ1) is 13.5. The highest BCUT2D eigenvalue weighted by molar-refractivity contribution is 5.97.